The molecule has 32 heteroatoms. The zero-order valence-electron chi connectivity index (χ0n) is 75.6. The highest BCUT2D eigenvalue weighted by Gasteiger charge is 2.18. The Morgan fingerprint density at radius 1 is 0.427 bits per heavy atom. The number of nitrogens with zero attached hydrogens (tertiary/aromatic N) is 23. The molecule has 1 N–H and O–H groups in total. The Kier molecular flexibility index (Phi) is 35.6. The van der Waals surface area contributed by atoms with Crippen LogP contribution < -0.4 is 11.1 Å². The summed E-state index contributed by atoms with van der Waals surface area (Å²) in [5.41, 5.74) is 6.83. The lowest BCUT2D eigenvalue weighted by Gasteiger charge is -2.16. The number of aryl methyl sites for hydroxylation is 5. The lowest BCUT2D eigenvalue weighted by Crippen LogP contribution is -2.19. The molecule has 0 radical (unpaired) electrons. The van der Waals surface area contributed by atoms with Crippen molar-refractivity contribution >= 4 is 56.7 Å². The van der Waals surface area contributed by atoms with Crippen LogP contribution in [-0.2, 0) is 34.2 Å². The summed E-state index contributed by atoms with van der Waals surface area (Å²) in [6, 6.07) is 40.7. The molecule has 0 spiro atoms. The Morgan fingerprint density at radius 2 is 0.935 bits per heavy atom. The second-order valence-electron chi connectivity index (χ2n) is 33.1. The van der Waals surface area contributed by atoms with Gasteiger partial charge in [0.2, 0.25) is 0 Å². The normalized spacial score (nSPS) is 11.2. The number of benzene rings is 2. The van der Waals surface area contributed by atoms with Crippen molar-refractivity contribution in [1.29, 1.82) is 0 Å². The number of H-pyrrole nitrogens is 1. The summed E-state index contributed by atoms with van der Waals surface area (Å²) >= 11 is 8.42. The van der Waals surface area contributed by atoms with Crippen molar-refractivity contribution in [3.8, 4) is 76.3 Å². The molecule has 0 saturated heterocycles. The van der Waals surface area contributed by atoms with Gasteiger partial charge in [-0.2, -0.15) is 50.2 Å². The van der Waals surface area contributed by atoms with Crippen molar-refractivity contribution in [3.63, 3.8) is 0 Å². The van der Waals surface area contributed by atoms with Gasteiger partial charge in [0, 0.05) is 107 Å². The van der Waals surface area contributed by atoms with Gasteiger partial charge in [-0.25, -0.2) is 39.3 Å². The van der Waals surface area contributed by atoms with Crippen LogP contribution in [0.5, 0.6) is 0 Å². The van der Waals surface area contributed by atoms with E-state index in [1.165, 1.54) is 46.8 Å². The largest absolute Gasteiger partial charge is 0.272 e. The topological polar surface area (TPSA) is 291 Å². The molecular formula is C92H117FN24O2S5. The summed E-state index contributed by atoms with van der Waals surface area (Å²) in [5.74, 6) is 8.11. The number of thiazole rings is 1. The average Bonchev–Trinajstić information content (AvgIpc) is 1.50. The molecule has 26 nitrogen and oxygen atoms in total. The highest BCUT2D eigenvalue weighted by Crippen LogP contribution is 2.34. The van der Waals surface area contributed by atoms with Crippen LogP contribution in [0.3, 0.4) is 0 Å². The number of hydrogen-bond donors (Lipinski definition) is 1. The van der Waals surface area contributed by atoms with Gasteiger partial charge in [-0.05, 0) is 156 Å². The first-order valence-electron chi connectivity index (χ1n) is 41.5. The Morgan fingerprint density at radius 3 is 1.43 bits per heavy atom. The first-order valence-corrected chi connectivity index (χ1v) is 45.6. The molecule has 2 aromatic carbocycles. The number of aromatic amines is 1. The second-order valence-corrected chi connectivity index (χ2v) is 38.6. The minimum Gasteiger partial charge on any atom is -0.267 e. The van der Waals surface area contributed by atoms with E-state index in [9.17, 15) is 14.0 Å². The number of thiophene rings is 4. The van der Waals surface area contributed by atoms with E-state index in [2.05, 4.69) is 265 Å². The third-order valence-electron chi connectivity index (χ3n) is 18.3. The lowest BCUT2D eigenvalue weighted by atomic mass is 9.97. The standard InChI is InChI=1S/C16H23N3.C14H18FN3.C12H14N2OS.C11H14N4.C11H12N2OS.C10H13N3S.C9H12N4S.C9H11N3S/c1-12(2)13-6-8-14(9-7-13)15-17-11-19(18-15)10-16(3,4)5;1-4-7-18-9-16-14(17-18)12-6-5-11(10(2)3)8-13(12)15;1-8(2)10-5-7-12(16-10)14-11(15)6-4-9(3)13-14;1-8(2)10-5-4-9(6-12-10)11-13-7-15(3)14-11;1-8(2)9-5-6-11(15-9)13-10(14)4-3-7-12-13;1-7(2)8-4-5-9(14-8)10-11-6-13(3)12-10;1-6(2)9-10-4-7(14-9)8-11-5-13(3)12-8;1-6(2)7-3-4-8(13-7)9-10-5-11-12-9/h6-9,11-12H,10H2,1-5H3;5-6,8-10H,4,7H2,1-3H3;4-8H,1-3H3;4-8H,1-3H3;3-8H,1-2H3;4-7H,1-3H3;4-6H,1-3H3;3-6H,1-2H3,(H,10,11,12). The van der Waals surface area contributed by atoms with Gasteiger partial charge in [-0.1, -0.05) is 169 Å². The number of rotatable bonds is 19. The molecule has 0 aliphatic rings. The van der Waals surface area contributed by atoms with Gasteiger partial charge in [0.1, 0.15) is 53.8 Å². The molecule has 124 heavy (non-hydrogen) atoms. The maximum absolute atomic E-state index is 14.0. The van der Waals surface area contributed by atoms with Gasteiger partial charge in [-0.15, -0.1) is 56.7 Å². The van der Waals surface area contributed by atoms with Gasteiger partial charge in [0.05, 0.1) is 30.9 Å². The fourth-order valence-electron chi connectivity index (χ4n) is 11.4. The fourth-order valence-corrected chi connectivity index (χ4v) is 16.1. The van der Waals surface area contributed by atoms with Crippen LogP contribution in [0.1, 0.15) is 239 Å². The maximum atomic E-state index is 14.0. The van der Waals surface area contributed by atoms with Crippen molar-refractivity contribution in [2.75, 3.05) is 0 Å². The molecule has 16 aromatic rings. The molecule has 0 saturated carbocycles. The summed E-state index contributed by atoms with van der Waals surface area (Å²) in [4.78, 5) is 65.7. The van der Waals surface area contributed by atoms with E-state index < -0.39 is 0 Å². The van der Waals surface area contributed by atoms with E-state index >= 15 is 0 Å². The average molecular weight is 1770 g/mol. The molecule has 16 rings (SSSR count). The van der Waals surface area contributed by atoms with Gasteiger partial charge in [-0.3, -0.25) is 43.1 Å². The lowest BCUT2D eigenvalue weighted by molar-refractivity contribution is 0.325. The summed E-state index contributed by atoms with van der Waals surface area (Å²) in [7, 11) is 5.60. The Bertz CT molecular complexity index is 5910. The zero-order chi connectivity index (χ0) is 90.1. The smallest absolute Gasteiger partial charge is 0.267 e. The van der Waals surface area contributed by atoms with Crippen LogP contribution in [0.15, 0.2) is 194 Å². The zero-order valence-corrected chi connectivity index (χ0v) is 79.7. The van der Waals surface area contributed by atoms with Crippen LogP contribution in [0.2, 0.25) is 0 Å². The predicted molar refractivity (Wildman–Crippen MR) is 504 cm³/mol. The number of aromatic nitrogens is 24. The Hall–Kier alpha value is -11.5. The van der Waals surface area contributed by atoms with Gasteiger partial charge in [0.25, 0.3) is 11.1 Å². The fraction of sp³-hybridized carbons (Fsp3) is 0.391. The van der Waals surface area contributed by atoms with Crippen LogP contribution in [0.4, 0.5) is 4.39 Å². The van der Waals surface area contributed by atoms with Crippen molar-refractivity contribution in [1.82, 2.24) is 119 Å². The predicted octanol–water partition coefficient (Wildman–Crippen LogP) is 22.3. The third-order valence-corrected chi connectivity index (χ3v) is 25.1. The molecule has 0 aliphatic heterocycles. The van der Waals surface area contributed by atoms with Crippen molar-refractivity contribution in [2.24, 2.45) is 26.6 Å². The number of nitrogens with one attached hydrogen (secondary N) is 1. The van der Waals surface area contributed by atoms with Crippen LogP contribution >= 0.6 is 56.7 Å². The highest BCUT2D eigenvalue weighted by atomic mass is 32.1. The highest BCUT2D eigenvalue weighted by molar-refractivity contribution is 7.16. The second kappa shape index (κ2) is 45.8. The van der Waals surface area contributed by atoms with E-state index in [1.54, 1.807) is 137 Å². The molecule has 14 heterocycles. The van der Waals surface area contributed by atoms with Crippen molar-refractivity contribution in [3.05, 3.63) is 258 Å². The van der Waals surface area contributed by atoms with Crippen molar-refractivity contribution < 1.29 is 4.39 Å². The molecule has 0 bridgehead atoms. The van der Waals surface area contributed by atoms with Crippen molar-refractivity contribution in [2.45, 2.75) is 212 Å². The first kappa shape index (κ1) is 96.4. The Balaban J connectivity index is 0.000000161. The van der Waals surface area contributed by atoms with Gasteiger partial charge < -0.3 is 0 Å². The number of hydrogen-bond acceptors (Lipinski definition) is 23. The molecule has 0 atom stereocenters. The minimum atomic E-state index is -0.254. The van der Waals surface area contributed by atoms with E-state index in [-0.39, 0.29) is 22.4 Å². The molecule has 0 amide bonds. The molecule has 654 valence electrons. The molecule has 14 aromatic heterocycles. The monoisotopic (exact) mass is 1770 g/mol. The van der Waals surface area contributed by atoms with E-state index in [1.807, 2.05) is 102 Å². The minimum absolute atomic E-state index is 0.0808. The number of pyridine rings is 1. The third kappa shape index (κ3) is 28.8. The van der Waals surface area contributed by atoms with E-state index in [0.29, 0.717) is 58.7 Å². The maximum Gasteiger partial charge on any atom is 0.272 e. The quantitative estimate of drug-likeness (QED) is 0.0787. The Labute approximate surface area is 747 Å². The summed E-state index contributed by atoms with van der Waals surface area (Å²) in [6.45, 7) is 46.6. The van der Waals surface area contributed by atoms with Gasteiger partial charge >= 0.3 is 0 Å². The first-order chi connectivity index (χ1) is 59.0. The van der Waals surface area contributed by atoms with Crippen LogP contribution in [0, 0.1) is 18.2 Å². The van der Waals surface area contributed by atoms with Crippen LogP contribution in [-0.4, -0.2) is 119 Å². The molecule has 0 fully saturated rings. The summed E-state index contributed by atoms with van der Waals surface area (Å²) in [5, 5.41) is 39.4. The van der Waals surface area contributed by atoms with Crippen LogP contribution in [0.25, 0.3) is 76.3 Å². The number of halogens is 1. The summed E-state index contributed by atoms with van der Waals surface area (Å²) < 4.78 is 25.7. The SMILES string of the molecule is CC(C)c1ccc(-c2ncn(C)n2)cn1.CC(C)c1ccc(-c2ncn(C)n2)s1.CC(C)c1ccc(-c2ncn(CC(C)(C)C)n2)cc1.CC(C)c1ccc(-c2ncn[nH]2)s1.CC(C)c1ccc(-n2ncccc2=O)s1.CC(C)c1ncc(-c2ncn(C)n2)s1.CCCn1cnc(-c2ccc(C(C)C)cc2F)n1.Cc1ccc(=O)n(-c2ccc(C(C)C)s2)n1. The van der Waals surface area contributed by atoms with Gasteiger partial charge in [0.15, 0.2) is 34.9 Å². The van der Waals surface area contributed by atoms with E-state index in [0.717, 1.165) is 106 Å². The molecule has 0 unspecified atom stereocenters. The van der Waals surface area contributed by atoms with E-state index in [4.69, 9.17) is 0 Å². The summed E-state index contributed by atoms with van der Waals surface area (Å²) in [6.07, 6.45) is 16.4. The molecular weight excluding hydrogens is 1650 g/mol. The molecule has 0 aliphatic carbocycles.